The Bertz CT molecular complexity index is 1730. The molecule has 188 valence electrons. The predicted octanol–water partition coefficient (Wildman–Crippen LogP) is 4.41. The number of pyridine rings is 2. The molecule has 0 unspecified atom stereocenters. The zero-order valence-electron chi connectivity index (χ0n) is 20.6. The fourth-order valence-corrected chi connectivity index (χ4v) is 3.87. The topological polar surface area (TPSA) is 114 Å². The summed E-state index contributed by atoms with van der Waals surface area (Å²) in [5, 5.41) is 0. The maximum atomic E-state index is 11.6. The fraction of sp³-hybridized carbons (Fsp3) is 0.0714. The molecule has 10 heteroatoms. The number of methoxy groups -OCH3 is 2. The van der Waals surface area contributed by atoms with Crippen LogP contribution in [0.1, 0.15) is 20.7 Å². The van der Waals surface area contributed by atoms with Gasteiger partial charge < -0.3 is 9.47 Å². The molecule has 6 rings (SSSR count). The molecule has 4 aromatic heterocycles. The molecule has 0 fully saturated rings. The normalized spacial score (nSPS) is 10.6. The van der Waals surface area contributed by atoms with E-state index in [9.17, 15) is 9.59 Å². The van der Waals surface area contributed by atoms with Gasteiger partial charge in [0.15, 0.2) is 0 Å². The third-order valence-corrected chi connectivity index (χ3v) is 5.73. The second-order valence-electron chi connectivity index (χ2n) is 8.00. The minimum absolute atomic E-state index is 0.365. The molecule has 4 heterocycles. The number of benzene rings is 2. The van der Waals surface area contributed by atoms with Crippen molar-refractivity contribution in [2.24, 2.45) is 0 Å². The van der Waals surface area contributed by atoms with Crippen LogP contribution in [-0.2, 0) is 9.47 Å². The van der Waals surface area contributed by atoms with Gasteiger partial charge in [0.1, 0.15) is 24.3 Å². The molecule has 2 aromatic carbocycles. The van der Waals surface area contributed by atoms with E-state index in [0.29, 0.717) is 11.1 Å². The van der Waals surface area contributed by atoms with Crippen LogP contribution in [0.4, 0.5) is 0 Å². The highest BCUT2D eigenvalue weighted by Crippen LogP contribution is 2.20. The number of nitrogens with zero attached hydrogens (tertiary/aromatic N) is 6. The summed E-state index contributed by atoms with van der Waals surface area (Å²) in [4.78, 5) is 40.2. The van der Waals surface area contributed by atoms with Crippen molar-refractivity contribution in [2.45, 2.75) is 0 Å². The number of carbonyl (C=O) groups excluding carboxylic acids is 2. The van der Waals surface area contributed by atoms with Crippen molar-refractivity contribution >= 4 is 34.0 Å². The van der Waals surface area contributed by atoms with Crippen LogP contribution >= 0.6 is 0 Å². The fourth-order valence-electron chi connectivity index (χ4n) is 3.87. The minimum Gasteiger partial charge on any atom is -0.465 e. The van der Waals surface area contributed by atoms with E-state index in [4.69, 9.17) is 9.47 Å². The molecule has 10 nitrogen and oxygen atoms in total. The van der Waals surface area contributed by atoms with E-state index < -0.39 is 0 Å². The van der Waals surface area contributed by atoms with Crippen LogP contribution in [-0.4, -0.2) is 55.2 Å². The summed E-state index contributed by atoms with van der Waals surface area (Å²) in [6.45, 7) is 0. The third-order valence-electron chi connectivity index (χ3n) is 5.73. The van der Waals surface area contributed by atoms with Crippen LogP contribution in [0.2, 0.25) is 0 Å². The first kappa shape index (κ1) is 24.3. The van der Waals surface area contributed by atoms with Crippen LogP contribution in [0.25, 0.3) is 33.7 Å². The van der Waals surface area contributed by atoms with Crippen molar-refractivity contribution in [1.29, 1.82) is 0 Å². The van der Waals surface area contributed by atoms with E-state index in [1.807, 2.05) is 51.6 Å². The monoisotopic (exact) mass is 506 g/mol. The summed E-state index contributed by atoms with van der Waals surface area (Å²) in [6.07, 6.45) is 6.82. The molecular formula is C28H22N6O4. The molecule has 0 atom stereocenters. The van der Waals surface area contributed by atoms with Gasteiger partial charge in [-0.1, -0.05) is 12.1 Å². The van der Waals surface area contributed by atoms with Crippen LogP contribution in [0, 0.1) is 0 Å². The Morgan fingerprint density at radius 3 is 1.74 bits per heavy atom. The summed E-state index contributed by atoms with van der Waals surface area (Å²) in [7, 11) is 2.72. The van der Waals surface area contributed by atoms with E-state index in [1.54, 1.807) is 55.4 Å². The van der Waals surface area contributed by atoms with E-state index in [2.05, 4.69) is 19.9 Å². The number of carbonyl (C=O) groups is 2. The van der Waals surface area contributed by atoms with E-state index in [-0.39, 0.29) is 11.9 Å². The number of hydrogen-bond acceptors (Lipinski definition) is 8. The minimum atomic E-state index is -0.366. The molecule has 0 saturated heterocycles. The number of fused-ring (bicyclic) bond motifs is 2. The molecule has 0 radical (unpaired) electrons. The van der Waals surface area contributed by atoms with E-state index >= 15 is 0 Å². The molecule has 38 heavy (non-hydrogen) atoms. The van der Waals surface area contributed by atoms with Crippen molar-refractivity contribution in [3.8, 4) is 11.6 Å². The molecule has 0 amide bonds. The number of esters is 2. The van der Waals surface area contributed by atoms with Crippen molar-refractivity contribution in [1.82, 2.24) is 29.1 Å². The van der Waals surface area contributed by atoms with Gasteiger partial charge in [-0.25, -0.2) is 29.5 Å². The molecular weight excluding hydrogens is 484 g/mol. The lowest BCUT2D eigenvalue weighted by atomic mass is 10.2. The Hall–Kier alpha value is -5.38. The first-order chi connectivity index (χ1) is 18.6. The number of ether oxygens (including phenoxy) is 2. The molecule has 0 aliphatic carbocycles. The summed E-state index contributed by atoms with van der Waals surface area (Å²) < 4.78 is 13.1. The molecule has 0 aliphatic heterocycles. The molecule has 0 N–H and O–H groups in total. The first-order valence-corrected chi connectivity index (χ1v) is 11.5. The highest BCUT2D eigenvalue weighted by atomic mass is 16.5. The Balaban J connectivity index is 0.000000155. The Labute approximate surface area is 217 Å². The summed E-state index contributed by atoms with van der Waals surface area (Å²) in [5.41, 5.74) is 4.23. The summed E-state index contributed by atoms with van der Waals surface area (Å²) in [6, 6.07) is 21.8. The summed E-state index contributed by atoms with van der Waals surface area (Å²) >= 11 is 0. The van der Waals surface area contributed by atoms with E-state index in [1.165, 1.54) is 14.2 Å². The van der Waals surface area contributed by atoms with Crippen molar-refractivity contribution in [2.75, 3.05) is 14.2 Å². The van der Waals surface area contributed by atoms with Gasteiger partial charge in [-0.2, -0.15) is 0 Å². The molecule has 6 aromatic rings. The van der Waals surface area contributed by atoms with Gasteiger partial charge in [0.2, 0.25) is 0 Å². The second-order valence-corrected chi connectivity index (χ2v) is 8.00. The molecule has 0 aliphatic rings. The average Bonchev–Trinajstić information content (AvgIpc) is 3.61. The molecule has 0 bridgehead atoms. The Morgan fingerprint density at radius 2 is 1.16 bits per heavy atom. The van der Waals surface area contributed by atoms with Crippen molar-refractivity contribution in [3.05, 3.63) is 109 Å². The molecule has 0 spiro atoms. The second kappa shape index (κ2) is 10.7. The van der Waals surface area contributed by atoms with Gasteiger partial charge >= 0.3 is 11.9 Å². The van der Waals surface area contributed by atoms with Crippen LogP contribution < -0.4 is 0 Å². The number of rotatable bonds is 4. The van der Waals surface area contributed by atoms with Gasteiger partial charge in [0.25, 0.3) is 0 Å². The maximum absolute atomic E-state index is 11.6. The summed E-state index contributed by atoms with van der Waals surface area (Å²) in [5.74, 6) is 0.813. The van der Waals surface area contributed by atoms with Gasteiger partial charge in [-0.05, 0) is 60.7 Å². The Kier molecular flexibility index (Phi) is 6.85. The van der Waals surface area contributed by atoms with Crippen molar-refractivity contribution in [3.63, 3.8) is 0 Å². The van der Waals surface area contributed by atoms with Crippen LogP contribution in [0.15, 0.2) is 97.8 Å². The van der Waals surface area contributed by atoms with Gasteiger partial charge in [0.05, 0.1) is 47.4 Å². The van der Waals surface area contributed by atoms with Gasteiger partial charge in [0, 0.05) is 12.4 Å². The average molecular weight is 507 g/mol. The smallest absolute Gasteiger partial charge is 0.337 e. The number of aromatic nitrogens is 6. The lowest BCUT2D eigenvalue weighted by molar-refractivity contribution is 0.0592. The van der Waals surface area contributed by atoms with Crippen molar-refractivity contribution < 1.29 is 19.1 Å². The lowest BCUT2D eigenvalue weighted by Crippen LogP contribution is -2.01. The zero-order valence-corrected chi connectivity index (χ0v) is 20.6. The maximum Gasteiger partial charge on any atom is 0.337 e. The standard InChI is InChI=1S/2C14H11N3O2/c1-19-14(18)10-5-6-12-11(8-10)16-9-17(12)13-4-2-3-7-15-13;1-19-14(18)10-5-6-11-12(8-10)17(9-16-11)13-4-2-3-7-15-13/h2*2-9H,1H3. The van der Waals surface area contributed by atoms with E-state index in [0.717, 1.165) is 33.7 Å². The van der Waals surface area contributed by atoms with Crippen LogP contribution in [0.3, 0.4) is 0 Å². The predicted molar refractivity (Wildman–Crippen MR) is 140 cm³/mol. The lowest BCUT2D eigenvalue weighted by Gasteiger charge is -2.04. The SMILES string of the molecule is COC(=O)c1ccc2c(c1)ncn2-c1ccccn1.COC(=O)c1ccc2ncn(-c3ccccn3)c2c1. The van der Waals surface area contributed by atoms with Gasteiger partial charge in [-0.15, -0.1) is 0 Å². The number of hydrogen-bond donors (Lipinski definition) is 0. The van der Waals surface area contributed by atoms with Gasteiger partial charge in [-0.3, -0.25) is 9.13 Å². The zero-order chi connectivity index (χ0) is 26.5. The quantitative estimate of drug-likeness (QED) is 0.323. The molecule has 0 saturated carbocycles. The highest BCUT2D eigenvalue weighted by Gasteiger charge is 2.11. The Morgan fingerprint density at radius 1 is 0.605 bits per heavy atom. The van der Waals surface area contributed by atoms with Crippen LogP contribution in [0.5, 0.6) is 0 Å². The number of imidazole rings is 2. The highest BCUT2D eigenvalue weighted by molar-refractivity contribution is 5.94. The largest absolute Gasteiger partial charge is 0.465 e. The third kappa shape index (κ3) is 4.82. The first-order valence-electron chi connectivity index (χ1n) is 11.5.